The average Bonchev–Trinajstić information content (AvgIpc) is 2.81. The summed E-state index contributed by atoms with van der Waals surface area (Å²) in [6, 6.07) is 14.0. The third-order valence-electron chi connectivity index (χ3n) is 3.20. The lowest BCUT2D eigenvalue weighted by Crippen LogP contribution is -2.06. The minimum Gasteiger partial charge on any atom is -0.456 e. The number of benzene rings is 2. The van der Waals surface area contributed by atoms with Crippen LogP contribution in [-0.2, 0) is 0 Å². The van der Waals surface area contributed by atoms with Crippen molar-refractivity contribution >= 4 is 11.0 Å². The summed E-state index contributed by atoms with van der Waals surface area (Å²) in [5.41, 5.74) is 8.31. The molecule has 1 heterocycles. The van der Waals surface area contributed by atoms with Gasteiger partial charge in [-0.05, 0) is 36.8 Å². The summed E-state index contributed by atoms with van der Waals surface area (Å²) in [4.78, 5) is 0. The molecule has 0 radical (unpaired) electrons. The first-order valence-corrected chi connectivity index (χ1v) is 6.19. The zero-order valence-corrected chi connectivity index (χ0v) is 10.6. The van der Waals surface area contributed by atoms with Crippen molar-refractivity contribution in [1.29, 1.82) is 0 Å². The summed E-state index contributed by atoms with van der Waals surface area (Å²) in [6.45, 7) is 1.87. The standard InChI is InChI=1S/C16H14FNO/c1-10(18)13-7-6-12(17)9-14(13)16-8-11-4-2-3-5-15(11)19-16/h2-10H,18H2,1H3. The van der Waals surface area contributed by atoms with Crippen LogP contribution in [0.3, 0.4) is 0 Å². The second-order valence-electron chi connectivity index (χ2n) is 4.67. The van der Waals surface area contributed by atoms with E-state index in [1.165, 1.54) is 12.1 Å². The summed E-state index contributed by atoms with van der Waals surface area (Å²) in [7, 11) is 0. The molecule has 0 amide bonds. The molecule has 1 atom stereocenters. The van der Waals surface area contributed by atoms with E-state index < -0.39 is 0 Å². The van der Waals surface area contributed by atoms with Gasteiger partial charge in [-0.25, -0.2) is 4.39 Å². The quantitative estimate of drug-likeness (QED) is 0.743. The average molecular weight is 255 g/mol. The van der Waals surface area contributed by atoms with E-state index in [2.05, 4.69) is 0 Å². The molecule has 19 heavy (non-hydrogen) atoms. The lowest BCUT2D eigenvalue weighted by molar-refractivity contribution is 0.614. The number of para-hydroxylation sites is 1. The molecule has 0 spiro atoms. The highest BCUT2D eigenvalue weighted by molar-refractivity contribution is 5.83. The third-order valence-corrected chi connectivity index (χ3v) is 3.20. The Bertz CT molecular complexity index is 697. The van der Waals surface area contributed by atoms with Crippen molar-refractivity contribution in [2.24, 2.45) is 5.73 Å². The fourth-order valence-electron chi connectivity index (χ4n) is 2.25. The number of nitrogens with two attached hydrogens (primary N) is 1. The van der Waals surface area contributed by atoms with Gasteiger partial charge in [0.05, 0.1) is 0 Å². The van der Waals surface area contributed by atoms with Gasteiger partial charge in [-0.15, -0.1) is 0 Å². The lowest BCUT2D eigenvalue weighted by Gasteiger charge is -2.10. The van der Waals surface area contributed by atoms with Crippen LogP contribution in [0.2, 0.25) is 0 Å². The molecule has 0 saturated heterocycles. The Morgan fingerprint density at radius 2 is 1.89 bits per heavy atom. The molecule has 3 aromatic rings. The minimum absolute atomic E-state index is 0.177. The number of furan rings is 1. The van der Waals surface area contributed by atoms with Crippen LogP contribution in [0.1, 0.15) is 18.5 Å². The Labute approximate surface area is 110 Å². The Morgan fingerprint density at radius 3 is 2.63 bits per heavy atom. The summed E-state index contributed by atoms with van der Waals surface area (Å²) < 4.78 is 19.2. The number of rotatable bonds is 2. The van der Waals surface area contributed by atoms with Crippen molar-refractivity contribution in [3.05, 3.63) is 59.9 Å². The second-order valence-corrected chi connectivity index (χ2v) is 4.67. The molecule has 0 fully saturated rings. The number of hydrogen-bond acceptors (Lipinski definition) is 2. The monoisotopic (exact) mass is 255 g/mol. The van der Waals surface area contributed by atoms with E-state index in [1.807, 2.05) is 37.3 Å². The van der Waals surface area contributed by atoms with E-state index in [9.17, 15) is 4.39 Å². The Hall–Kier alpha value is -2.13. The van der Waals surface area contributed by atoms with Crippen molar-refractivity contribution in [1.82, 2.24) is 0 Å². The molecule has 1 unspecified atom stereocenters. The van der Waals surface area contributed by atoms with Crippen molar-refractivity contribution in [3.8, 4) is 11.3 Å². The van der Waals surface area contributed by atoms with E-state index in [0.29, 0.717) is 11.3 Å². The topological polar surface area (TPSA) is 39.2 Å². The van der Waals surface area contributed by atoms with E-state index in [0.717, 1.165) is 16.5 Å². The van der Waals surface area contributed by atoms with Gasteiger partial charge in [-0.1, -0.05) is 24.3 Å². The normalized spacial score (nSPS) is 12.8. The Morgan fingerprint density at radius 1 is 1.11 bits per heavy atom. The predicted molar refractivity (Wildman–Crippen MR) is 74.2 cm³/mol. The van der Waals surface area contributed by atoms with Crippen LogP contribution in [0, 0.1) is 5.82 Å². The van der Waals surface area contributed by atoms with E-state index in [1.54, 1.807) is 6.07 Å². The third kappa shape index (κ3) is 2.13. The van der Waals surface area contributed by atoms with Gasteiger partial charge in [0.2, 0.25) is 0 Å². The van der Waals surface area contributed by atoms with Crippen LogP contribution in [0.5, 0.6) is 0 Å². The zero-order valence-electron chi connectivity index (χ0n) is 10.6. The van der Waals surface area contributed by atoms with Crippen molar-refractivity contribution in [3.63, 3.8) is 0 Å². The molecule has 0 saturated carbocycles. The number of fused-ring (bicyclic) bond motifs is 1. The first-order chi connectivity index (χ1) is 9.15. The zero-order chi connectivity index (χ0) is 13.4. The van der Waals surface area contributed by atoms with Crippen LogP contribution < -0.4 is 5.73 Å². The molecule has 2 aromatic carbocycles. The van der Waals surface area contributed by atoms with Crippen molar-refractivity contribution in [2.75, 3.05) is 0 Å². The molecule has 0 aliphatic rings. The van der Waals surface area contributed by atoms with Gasteiger partial charge in [-0.2, -0.15) is 0 Å². The smallest absolute Gasteiger partial charge is 0.135 e. The molecule has 0 aliphatic carbocycles. The predicted octanol–water partition coefficient (Wildman–Crippen LogP) is 4.26. The Balaban J connectivity index is 2.22. The second kappa shape index (κ2) is 4.52. The summed E-state index contributed by atoms with van der Waals surface area (Å²) in [6.07, 6.45) is 0. The maximum absolute atomic E-state index is 13.5. The first kappa shape index (κ1) is 11.9. The molecule has 2 N–H and O–H groups in total. The van der Waals surface area contributed by atoms with Gasteiger partial charge in [0.15, 0.2) is 0 Å². The maximum atomic E-state index is 13.5. The van der Waals surface area contributed by atoms with E-state index >= 15 is 0 Å². The Kier molecular flexibility index (Phi) is 2.84. The fourth-order valence-corrected chi connectivity index (χ4v) is 2.25. The SMILES string of the molecule is CC(N)c1ccc(F)cc1-c1cc2ccccc2o1. The highest BCUT2D eigenvalue weighted by Gasteiger charge is 2.14. The molecule has 3 heteroatoms. The molecular weight excluding hydrogens is 241 g/mol. The van der Waals surface area contributed by atoms with Crippen LogP contribution in [-0.4, -0.2) is 0 Å². The molecule has 2 nitrogen and oxygen atoms in total. The summed E-state index contributed by atoms with van der Waals surface area (Å²) in [5, 5.41) is 0.998. The molecule has 0 bridgehead atoms. The molecule has 3 rings (SSSR count). The van der Waals surface area contributed by atoms with Crippen LogP contribution in [0.25, 0.3) is 22.3 Å². The van der Waals surface area contributed by atoms with Gasteiger partial charge in [-0.3, -0.25) is 0 Å². The maximum Gasteiger partial charge on any atom is 0.135 e. The van der Waals surface area contributed by atoms with Gasteiger partial charge in [0.1, 0.15) is 17.2 Å². The van der Waals surface area contributed by atoms with E-state index in [-0.39, 0.29) is 11.9 Å². The van der Waals surface area contributed by atoms with E-state index in [4.69, 9.17) is 10.2 Å². The van der Waals surface area contributed by atoms with Crippen LogP contribution in [0.4, 0.5) is 4.39 Å². The van der Waals surface area contributed by atoms with Crippen molar-refractivity contribution < 1.29 is 8.81 Å². The number of halogens is 1. The number of hydrogen-bond donors (Lipinski definition) is 1. The highest BCUT2D eigenvalue weighted by Crippen LogP contribution is 2.32. The van der Waals surface area contributed by atoms with Gasteiger partial charge < -0.3 is 10.2 Å². The van der Waals surface area contributed by atoms with Crippen LogP contribution in [0.15, 0.2) is 52.9 Å². The van der Waals surface area contributed by atoms with Gasteiger partial charge in [0.25, 0.3) is 0 Å². The minimum atomic E-state index is -0.292. The lowest BCUT2D eigenvalue weighted by atomic mass is 10.00. The fraction of sp³-hybridized carbons (Fsp3) is 0.125. The first-order valence-electron chi connectivity index (χ1n) is 6.19. The summed E-state index contributed by atoms with van der Waals surface area (Å²) in [5.74, 6) is 0.354. The van der Waals surface area contributed by atoms with Gasteiger partial charge in [0, 0.05) is 17.0 Å². The molecule has 1 aromatic heterocycles. The van der Waals surface area contributed by atoms with Gasteiger partial charge >= 0.3 is 0 Å². The molecule has 0 aliphatic heterocycles. The molecule has 96 valence electrons. The summed E-state index contributed by atoms with van der Waals surface area (Å²) >= 11 is 0. The largest absolute Gasteiger partial charge is 0.456 e. The molecular formula is C16H14FNO. The van der Waals surface area contributed by atoms with Crippen LogP contribution >= 0.6 is 0 Å². The van der Waals surface area contributed by atoms with Crippen molar-refractivity contribution in [2.45, 2.75) is 13.0 Å². The highest BCUT2D eigenvalue weighted by atomic mass is 19.1.